The van der Waals surface area contributed by atoms with Gasteiger partial charge in [-0.15, -0.1) is 0 Å². The van der Waals surface area contributed by atoms with E-state index in [2.05, 4.69) is 53.8 Å². The largest absolute Gasteiger partial charge is 0.490 e. The number of nitrogens with two attached hydrogens (primary N) is 3. The molecule has 16 N–H and O–H groups in total. The summed E-state index contributed by atoms with van der Waals surface area (Å²) in [7, 11) is -21.0. The molecule has 44 heteroatoms. The number of anilines is 3. The molecule has 6 aromatic rings. The number of ether oxygens (including phenoxy) is 4. The number of phosphoric ester groups is 3. The van der Waals surface area contributed by atoms with E-state index in [1.165, 1.54) is 27.1 Å². The van der Waals surface area contributed by atoms with E-state index in [1.807, 2.05) is 0 Å². The molecule has 40 nitrogen and oxygen atoms in total. The van der Waals surface area contributed by atoms with E-state index in [0.29, 0.717) is 6.42 Å². The van der Waals surface area contributed by atoms with E-state index in [1.54, 1.807) is 6.92 Å². The van der Waals surface area contributed by atoms with Crippen molar-refractivity contribution in [3.8, 4) is 0 Å². The monoisotopic (exact) mass is 1230 g/mol. The molecular formula is C37H53N16O24P4+. The highest BCUT2D eigenvalue weighted by Gasteiger charge is 2.54. The van der Waals surface area contributed by atoms with Crippen LogP contribution < -0.4 is 38.2 Å². The first kappa shape index (κ1) is 60.0. The van der Waals surface area contributed by atoms with Crippen LogP contribution in [0.4, 0.5) is 17.7 Å². The number of aliphatic hydroxyl groups excluding tert-OH is 3. The highest BCUT2D eigenvalue weighted by atomic mass is 31.3. The highest BCUT2D eigenvalue weighted by molar-refractivity contribution is 7.66. The summed E-state index contributed by atoms with van der Waals surface area (Å²) in [5.74, 6) is -2.54. The second kappa shape index (κ2) is 23.2. The van der Waals surface area contributed by atoms with E-state index >= 15 is 0 Å². The number of nitrogens with zero attached hydrogens (tertiary/aromatic N) is 10. The van der Waals surface area contributed by atoms with Crippen molar-refractivity contribution < 1.29 is 108 Å². The first-order chi connectivity index (χ1) is 38.1. The summed E-state index contributed by atoms with van der Waals surface area (Å²) < 4.78 is 111. The number of hydrogen-bond acceptors (Lipinski definition) is 29. The van der Waals surface area contributed by atoms with Gasteiger partial charge >= 0.3 is 36.9 Å². The normalized spacial score (nSPS) is 29.0. The fraction of sp³-hybridized carbons (Fsp3) is 0.568. The van der Waals surface area contributed by atoms with Gasteiger partial charge in [-0.1, -0.05) is 11.9 Å². The number of nitrogens with one attached hydrogen (secondary N) is 3. The second-order valence-corrected chi connectivity index (χ2v) is 24.2. The number of H-pyrrole nitrogens is 2. The number of hydrogen-bond donors (Lipinski definition) is 13. The second-order valence-electron chi connectivity index (χ2n) is 18.2. The number of methoxy groups -OCH3 is 1. The molecule has 3 fully saturated rings. The van der Waals surface area contributed by atoms with Crippen LogP contribution in [0.3, 0.4) is 0 Å². The molecule has 0 bridgehead atoms. The van der Waals surface area contributed by atoms with Crippen LogP contribution in [-0.2, 0) is 75.8 Å². The number of carbonyl (C=O) groups is 1. The molecule has 3 saturated heterocycles. The molecule has 6 aromatic heterocycles. The van der Waals surface area contributed by atoms with Gasteiger partial charge in [-0.2, -0.15) is 13.6 Å². The molecule has 16 atom stereocenters. The van der Waals surface area contributed by atoms with Crippen LogP contribution in [0.15, 0.2) is 34.9 Å². The summed E-state index contributed by atoms with van der Waals surface area (Å²) in [5, 5.41) is 35.9. The maximum atomic E-state index is 13.8. The van der Waals surface area contributed by atoms with Crippen molar-refractivity contribution in [3.63, 3.8) is 0 Å². The lowest BCUT2D eigenvalue weighted by atomic mass is 9.94. The van der Waals surface area contributed by atoms with Crippen molar-refractivity contribution in [2.75, 3.05) is 50.7 Å². The Kier molecular flexibility index (Phi) is 17.2. The molecule has 0 spiro atoms. The topological polar surface area (TPSA) is 571 Å². The number of fused-ring (bicyclic) bond motifs is 3. The lowest BCUT2D eigenvalue weighted by Gasteiger charge is -2.26. The zero-order chi connectivity index (χ0) is 58.7. The number of aliphatic hydroxyl groups is 3. The van der Waals surface area contributed by atoms with Crippen LogP contribution in [0.5, 0.6) is 0 Å². The minimum absolute atomic E-state index is 0.00465. The average molecular weight is 1230 g/mol. The number of amides is 1. The molecule has 0 aromatic carbocycles. The van der Waals surface area contributed by atoms with Crippen LogP contribution in [0.1, 0.15) is 38.4 Å². The molecule has 3 aliphatic heterocycles. The van der Waals surface area contributed by atoms with Gasteiger partial charge in [-0.25, -0.2) is 42.8 Å². The van der Waals surface area contributed by atoms with Gasteiger partial charge < -0.3 is 76.4 Å². The van der Waals surface area contributed by atoms with Crippen molar-refractivity contribution in [2.24, 2.45) is 13.0 Å². The third kappa shape index (κ3) is 12.7. The molecule has 444 valence electrons. The summed E-state index contributed by atoms with van der Waals surface area (Å²) in [6.45, 7) is -1.31. The van der Waals surface area contributed by atoms with Crippen LogP contribution in [0.2, 0.25) is 0 Å². The van der Waals surface area contributed by atoms with E-state index in [0.717, 1.165) is 30.7 Å². The minimum Gasteiger partial charge on any atom is -0.387 e. The third-order valence-electron chi connectivity index (χ3n) is 12.7. The lowest BCUT2D eigenvalue weighted by molar-refractivity contribution is -0.745. The van der Waals surface area contributed by atoms with E-state index in [9.17, 15) is 67.5 Å². The molecule has 3 aliphatic rings. The smallest absolute Gasteiger partial charge is 0.387 e. The Morgan fingerprint density at radius 1 is 0.741 bits per heavy atom. The molecule has 81 heavy (non-hydrogen) atoms. The fourth-order valence-corrected chi connectivity index (χ4v) is 13.7. The van der Waals surface area contributed by atoms with Crippen LogP contribution in [0.25, 0.3) is 33.5 Å². The Hall–Kier alpha value is -5.64. The van der Waals surface area contributed by atoms with Crippen molar-refractivity contribution in [1.82, 2.24) is 58.9 Å². The van der Waals surface area contributed by atoms with E-state index in [4.69, 9.17) is 54.2 Å². The Morgan fingerprint density at radius 2 is 1.35 bits per heavy atom. The summed E-state index contributed by atoms with van der Waals surface area (Å²) in [6, 6.07) is 0. The van der Waals surface area contributed by atoms with E-state index < -0.39 is 148 Å². The first-order valence-corrected chi connectivity index (χ1v) is 29.7. The van der Waals surface area contributed by atoms with Crippen LogP contribution >= 0.6 is 31.3 Å². The van der Waals surface area contributed by atoms with E-state index in [-0.39, 0.29) is 57.8 Å². The number of rotatable bonds is 23. The van der Waals surface area contributed by atoms with Gasteiger partial charge in [0.2, 0.25) is 23.6 Å². The van der Waals surface area contributed by atoms with Gasteiger partial charge in [-0.3, -0.25) is 56.1 Å². The number of nitrogen functional groups attached to an aromatic ring is 3. The molecule has 4 unspecified atom stereocenters. The van der Waals surface area contributed by atoms with Crippen molar-refractivity contribution >= 4 is 88.4 Å². The van der Waals surface area contributed by atoms with Gasteiger partial charge in [0.15, 0.2) is 41.4 Å². The van der Waals surface area contributed by atoms with Crippen LogP contribution in [0, 0.1) is 5.92 Å². The predicted octanol–water partition coefficient (Wildman–Crippen LogP) is -3.54. The average Bonchev–Trinajstić information content (AvgIpc) is 4.43. The maximum Gasteiger partial charge on any atom is 0.490 e. The third-order valence-corrected chi connectivity index (χ3v) is 18.0. The summed E-state index contributed by atoms with van der Waals surface area (Å²) >= 11 is 0. The van der Waals surface area contributed by atoms with Gasteiger partial charge in [0.05, 0.1) is 45.6 Å². The van der Waals surface area contributed by atoms with Gasteiger partial charge in [0.25, 0.3) is 17.1 Å². The predicted molar refractivity (Wildman–Crippen MR) is 264 cm³/mol. The molecule has 1 amide bonds. The summed E-state index contributed by atoms with van der Waals surface area (Å²) in [6.07, 6.45) is -13.4. The number of imidazole rings is 3. The summed E-state index contributed by atoms with van der Waals surface area (Å²) in [4.78, 5) is 110. The number of aromatic nitrogens is 12. The summed E-state index contributed by atoms with van der Waals surface area (Å²) in [5.41, 5.74) is 15.6. The molecule has 0 saturated carbocycles. The quantitative estimate of drug-likeness (QED) is 0.0218. The molecular weight excluding hydrogens is 1180 g/mol. The Labute approximate surface area is 451 Å². The number of carbonyl (C=O) groups excluding carboxylic acids is 1. The first-order valence-electron chi connectivity index (χ1n) is 23.7. The molecule has 9 heterocycles. The Morgan fingerprint density at radius 3 is 2.02 bits per heavy atom. The minimum atomic E-state index is -6.24. The van der Waals surface area contributed by atoms with Crippen molar-refractivity contribution in [3.05, 3.63) is 46.0 Å². The maximum absolute atomic E-state index is 13.8. The Balaban J connectivity index is 0.878. The van der Waals surface area contributed by atoms with Gasteiger partial charge in [-0.05, 0) is 6.42 Å². The Bertz CT molecular complexity index is 3660. The number of aromatic amines is 2. The highest BCUT2D eigenvalue weighted by Crippen LogP contribution is 2.68. The number of aryl methyl sites for hydroxylation is 1. The SMILES string of the molecule is CCCNC(=O)C[C@H]1[C@@H](O)[C@H]([n+]2cn(C)c3c(=O)[nH]c(N)nc32)O[C@@H]1COP(=O)(O)OP(=O)(O)OP(=O)(O)OC[C@H]1O[C@@H](n2cnc3c(N)ncnc32)[C@H](OC)[C@@H]1OP(=O)(O)OC[C@H]1O[C@@H](n2cnc3c(=O)[nH]c(N)nc32)[C@H](O)[C@@H]1O. The lowest BCUT2D eigenvalue weighted by Crippen LogP contribution is -2.45. The number of phosphoric acid groups is 4. The molecule has 9 rings (SSSR count). The van der Waals surface area contributed by atoms with Gasteiger partial charge in [0.1, 0.15) is 54.6 Å². The fourth-order valence-electron chi connectivity index (χ4n) is 9.18. The standard InChI is InChI=1S/C37H52N16O24P4/c1-4-5-41-18(54)6-14-15(72-33(22(14)55)53-13-50(2)21-30(53)47-37(40)49-32(21)59)7-70-79(62,63)76-81(66,67)77-80(64,65)71-9-17-25(26(68-3)35(74-17)51-11-44-19-27(38)42-10-43-28(19)51)75-78(60,61)69-8-16-23(56)24(57)34(73-16)52-12-45-20-29(52)46-36(39)48-31(20)58/h10-17,22-26,33-35,55-57H,4-9H2,1-3H3,(H12-,38,39,40,41,42,43,46,47,48,49,54,58,59,60,61,62,63,64,65,66,67)/p+1/t14-,15-,16-,17-,22-,23-,24-,25-,26-,33-,34-,35-/m1/s1. The molecule has 0 aliphatic carbocycles. The van der Waals surface area contributed by atoms with Crippen molar-refractivity contribution in [1.29, 1.82) is 0 Å². The zero-order valence-electron chi connectivity index (χ0n) is 42.0. The van der Waals surface area contributed by atoms with Crippen molar-refractivity contribution in [2.45, 2.75) is 87.3 Å². The van der Waals surface area contributed by atoms with Crippen LogP contribution in [-0.4, -0.2) is 177 Å². The zero-order valence-corrected chi connectivity index (χ0v) is 45.6. The van der Waals surface area contributed by atoms with Gasteiger partial charge in [0, 0.05) is 26.0 Å². The molecule has 0 radical (unpaired) electrons.